The Balaban J connectivity index is 1.84. The predicted molar refractivity (Wildman–Crippen MR) is 69.6 cm³/mol. The van der Waals surface area contributed by atoms with Crippen LogP contribution in [0.25, 0.3) is 0 Å². The maximum absolute atomic E-state index is 5.77. The second-order valence-electron chi connectivity index (χ2n) is 4.13. The molecular weight excluding hydrogens is 238 g/mol. The monoisotopic (exact) mass is 255 g/mol. The van der Waals surface area contributed by atoms with Crippen molar-refractivity contribution >= 4 is 17.5 Å². The topological polar surface area (TPSA) is 44.3 Å². The van der Waals surface area contributed by atoms with Crippen LogP contribution in [0.3, 0.4) is 0 Å². The molecule has 0 saturated carbocycles. The summed E-state index contributed by atoms with van der Waals surface area (Å²) in [5, 5.41) is 3.75. The maximum atomic E-state index is 5.77. The lowest BCUT2D eigenvalue weighted by atomic mass is 10.3. The van der Waals surface area contributed by atoms with Gasteiger partial charge in [0, 0.05) is 39.3 Å². The van der Waals surface area contributed by atoms with Gasteiger partial charge in [0.05, 0.1) is 17.4 Å². The molecule has 94 valence electrons. The van der Waals surface area contributed by atoms with E-state index >= 15 is 0 Å². The third kappa shape index (κ3) is 3.52. The van der Waals surface area contributed by atoms with Crippen LogP contribution in [-0.4, -0.2) is 61.2 Å². The van der Waals surface area contributed by atoms with E-state index in [1.165, 1.54) is 0 Å². The van der Waals surface area contributed by atoms with Gasteiger partial charge in [-0.25, -0.2) is 9.97 Å². The quantitative estimate of drug-likeness (QED) is 0.848. The molecule has 2 rings (SSSR count). The highest BCUT2D eigenvalue weighted by Crippen LogP contribution is 2.12. The Bertz CT molecular complexity index is 334. The average Bonchev–Trinajstić information content (AvgIpc) is 2.38. The first-order valence-corrected chi connectivity index (χ1v) is 6.27. The van der Waals surface area contributed by atoms with Gasteiger partial charge in [-0.05, 0) is 7.05 Å². The zero-order valence-corrected chi connectivity index (χ0v) is 10.8. The number of nitrogens with one attached hydrogen (secondary N) is 1. The first-order chi connectivity index (χ1) is 8.29. The molecule has 0 unspecified atom stereocenters. The van der Waals surface area contributed by atoms with Gasteiger partial charge in [-0.15, -0.1) is 0 Å². The summed E-state index contributed by atoms with van der Waals surface area (Å²) in [4.78, 5) is 13.1. The van der Waals surface area contributed by atoms with E-state index in [9.17, 15) is 0 Å². The molecule has 0 atom stereocenters. The summed E-state index contributed by atoms with van der Waals surface area (Å²) < 4.78 is 0. The van der Waals surface area contributed by atoms with Crippen LogP contribution in [0.1, 0.15) is 0 Å². The number of hydrogen-bond acceptors (Lipinski definition) is 5. The molecule has 1 aromatic heterocycles. The van der Waals surface area contributed by atoms with E-state index in [0.717, 1.165) is 45.2 Å². The van der Waals surface area contributed by atoms with Gasteiger partial charge in [0.25, 0.3) is 0 Å². The highest BCUT2D eigenvalue weighted by atomic mass is 35.5. The third-order valence-electron chi connectivity index (χ3n) is 2.94. The van der Waals surface area contributed by atoms with Crippen LogP contribution >= 0.6 is 11.6 Å². The molecule has 5 nitrogen and oxygen atoms in total. The minimum absolute atomic E-state index is 0.585. The Labute approximate surface area is 107 Å². The van der Waals surface area contributed by atoms with Crippen LogP contribution in [0, 0.1) is 0 Å². The van der Waals surface area contributed by atoms with Crippen molar-refractivity contribution in [3.05, 3.63) is 17.4 Å². The van der Waals surface area contributed by atoms with E-state index < -0.39 is 0 Å². The zero-order chi connectivity index (χ0) is 12.1. The zero-order valence-electron chi connectivity index (χ0n) is 10.1. The largest absolute Gasteiger partial charge is 0.338 e. The molecule has 17 heavy (non-hydrogen) atoms. The molecule has 6 heteroatoms. The lowest BCUT2D eigenvalue weighted by Crippen LogP contribution is -2.48. The number of likely N-dealkylation sites (N-methyl/N-ethyl adjacent to an activating group) is 1. The molecule has 1 fully saturated rings. The van der Waals surface area contributed by atoms with Crippen molar-refractivity contribution in [3.63, 3.8) is 0 Å². The second-order valence-corrected chi connectivity index (χ2v) is 4.57. The molecule has 0 amide bonds. The molecule has 1 aliphatic rings. The van der Waals surface area contributed by atoms with Gasteiger partial charge >= 0.3 is 0 Å². The fourth-order valence-corrected chi connectivity index (χ4v) is 2.01. The molecule has 1 N–H and O–H groups in total. The van der Waals surface area contributed by atoms with Crippen LogP contribution in [0.5, 0.6) is 0 Å². The summed E-state index contributed by atoms with van der Waals surface area (Å²) in [6, 6.07) is 0. The van der Waals surface area contributed by atoms with E-state index in [4.69, 9.17) is 11.6 Å². The summed E-state index contributed by atoms with van der Waals surface area (Å²) in [7, 11) is 1.98. The van der Waals surface area contributed by atoms with Gasteiger partial charge in [0.15, 0.2) is 0 Å². The summed E-state index contributed by atoms with van der Waals surface area (Å²) in [5.74, 6) is 0.780. The number of hydrogen-bond donors (Lipinski definition) is 1. The molecule has 1 aromatic rings. The maximum Gasteiger partial charge on any atom is 0.225 e. The molecule has 2 heterocycles. The lowest BCUT2D eigenvalue weighted by molar-refractivity contribution is 0.258. The van der Waals surface area contributed by atoms with Crippen molar-refractivity contribution in [3.8, 4) is 0 Å². The minimum atomic E-state index is 0.585. The van der Waals surface area contributed by atoms with Gasteiger partial charge in [-0.2, -0.15) is 0 Å². The van der Waals surface area contributed by atoms with Crippen molar-refractivity contribution in [1.82, 2.24) is 20.2 Å². The minimum Gasteiger partial charge on any atom is -0.338 e. The Hall–Kier alpha value is -0.910. The van der Waals surface area contributed by atoms with Gasteiger partial charge in [-0.1, -0.05) is 11.6 Å². The number of aromatic nitrogens is 2. The van der Waals surface area contributed by atoms with Crippen LogP contribution < -0.4 is 10.2 Å². The van der Waals surface area contributed by atoms with Gasteiger partial charge in [-0.3, -0.25) is 4.90 Å². The smallest absolute Gasteiger partial charge is 0.225 e. The lowest BCUT2D eigenvalue weighted by Gasteiger charge is -2.34. The number of rotatable bonds is 4. The van der Waals surface area contributed by atoms with Gasteiger partial charge in [0.1, 0.15) is 0 Å². The molecular formula is C11H18ClN5. The summed E-state index contributed by atoms with van der Waals surface area (Å²) in [5.41, 5.74) is 0. The second kappa shape index (κ2) is 6.14. The SMILES string of the molecule is CNCCN1CCN(c2ncc(Cl)cn2)CC1. The van der Waals surface area contributed by atoms with E-state index in [2.05, 4.69) is 25.1 Å². The van der Waals surface area contributed by atoms with E-state index in [0.29, 0.717) is 5.02 Å². The number of nitrogens with zero attached hydrogens (tertiary/aromatic N) is 4. The first kappa shape index (κ1) is 12.5. The molecule has 1 saturated heterocycles. The fraction of sp³-hybridized carbons (Fsp3) is 0.636. The molecule has 0 bridgehead atoms. The molecule has 0 aliphatic carbocycles. The Morgan fingerprint density at radius 2 is 1.88 bits per heavy atom. The predicted octanol–water partition coefficient (Wildman–Crippen LogP) is 0.471. The van der Waals surface area contributed by atoms with Crippen molar-refractivity contribution in [1.29, 1.82) is 0 Å². The first-order valence-electron chi connectivity index (χ1n) is 5.89. The number of piperazine rings is 1. The molecule has 1 aliphatic heterocycles. The van der Waals surface area contributed by atoms with E-state index in [-0.39, 0.29) is 0 Å². The Morgan fingerprint density at radius 1 is 1.24 bits per heavy atom. The Kier molecular flexibility index (Phi) is 4.53. The van der Waals surface area contributed by atoms with Crippen LogP contribution in [0.4, 0.5) is 5.95 Å². The van der Waals surface area contributed by atoms with Crippen molar-refractivity contribution in [2.75, 3.05) is 51.2 Å². The van der Waals surface area contributed by atoms with Crippen molar-refractivity contribution in [2.24, 2.45) is 0 Å². The van der Waals surface area contributed by atoms with E-state index in [1.807, 2.05) is 7.05 Å². The highest BCUT2D eigenvalue weighted by molar-refractivity contribution is 6.30. The average molecular weight is 256 g/mol. The standard InChI is InChI=1S/C11H18ClN5/c1-13-2-3-16-4-6-17(7-5-16)11-14-8-10(12)9-15-11/h8-9,13H,2-7H2,1H3. The number of halogens is 1. The fourth-order valence-electron chi connectivity index (χ4n) is 1.91. The summed E-state index contributed by atoms with van der Waals surface area (Å²) >= 11 is 5.77. The summed E-state index contributed by atoms with van der Waals surface area (Å²) in [6.45, 7) is 6.22. The van der Waals surface area contributed by atoms with Crippen LogP contribution in [-0.2, 0) is 0 Å². The van der Waals surface area contributed by atoms with Crippen LogP contribution in [0.2, 0.25) is 5.02 Å². The van der Waals surface area contributed by atoms with Gasteiger partial charge in [0.2, 0.25) is 5.95 Å². The van der Waals surface area contributed by atoms with Crippen LogP contribution in [0.15, 0.2) is 12.4 Å². The van der Waals surface area contributed by atoms with Crippen molar-refractivity contribution < 1.29 is 0 Å². The highest BCUT2D eigenvalue weighted by Gasteiger charge is 2.18. The normalized spacial score (nSPS) is 17.4. The van der Waals surface area contributed by atoms with Crippen molar-refractivity contribution in [2.45, 2.75) is 0 Å². The molecule has 0 radical (unpaired) electrons. The van der Waals surface area contributed by atoms with E-state index in [1.54, 1.807) is 12.4 Å². The summed E-state index contributed by atoms with van der Waals surface area (Å²) in [6.07, 6.45) is 3.30. The Morgan fingerprint density at radius 3 is 2.47 bits per heavy atom. The number of anilines is 1. The molecule has 0 aromatic carbocycles. The molecule has 0 spiro atoms. The van der Waals surface area contributed by atoms with Gasteiger partial charge < -0.3 is 10.2 Å². The third-order valence-corrected chi connectivity index (χ3v) is 3.14.